The maximum Gasteiger partial charge on any atom is 0.220 e. The molecule has 0 aromatic rings. The Morgan fingerprint density at radius 3 is 1.51 bits per heavy atom. The van der Waals surface area contributed by atoms with Gasteiger partial charge in [0.05, 0.1) is 32.0 Å². The van der Waals surface area contributed by atoms with Crippen molar-refractivity contribution in [2.24, 2.45) is 0 Å². The molecule has 2 aliphatic rings. The summed E-state index contributed by atoms with van der Waals surface area (Å²) < 4.78 is 22.6. The lowest BCUT2D eigenvalue weighted by Gasteiger charge is -2.46. The van der Waals surface area contributed by atoms with Crippen LogP contribution in [0.1, 0.15) is 187 Å². The summed E-state index contributed by atoms with van der Waals surface area (Å²) in [5.41, 5.74) is 0. The minimum absolute atomic E-state index is 0.240. The Morgan fingerprint density at radius 1 is 0.574 bits per heavy atom. The van der Waals surface area contributed by atoms with Gasteiger partial charge in [-0.3, -0.25) is 4.79 Å². The first-order valence-electron chi connectivity index (χ1n) is 24.4. The molecule has 12 unspecified atom stereocenters. The van der Waals surface area contributed by atoms with Crippen molar-refractivity contribution in [3.05, 3.63) is 12.2 Å². The summed E-state index contributed by atoms with van der Waals surface area (Å²) in [4.78, 5) is 13.1. The van der Waals surface area contributed by atoms with Crippen LogP contribution in [0.5, 0.6) is 0 Å². The Balaban J connectivity index is 1.81. The second-order valence-electron chi connectivity index (χ2n) is 17.6. The molecule has 2 fully saturated rings. The van der Waals surface area contributed by atoms with Crippen LogP contribution in [-0.4, -0.2) is 140 Å². The molecule has 9 N–H and O–H groups in total. The highest BCUT2D eigenvalue weighted by Crippen LogP contribution is 2.30. The Bertz CT molecular complexity index is 1080. The van der Waals surface area contributed by atoms with E-state index in [4.69, 9.17) is 18.9 Å². The van der Waals surface area contributed by atoms with E-state index < -0.39 is 86.8 Å². The Morgan fingerprint density at radius 2 is 1.02 bits per heavy atom. The molecule has 2 heterocycles. The van der Waals surface area contributed by atoms with Crippen LogP contribution in [0, 0.1) is 0 Å². The third kappa shape index (κ3) is 23.0. The fraction of sp³-hybridized carbons (Fsp3) is 0.936. The Labute approximate surface area is 367 Å². The largest absolute Gasteiger partial charge is 0.394 e. The Kier molecular flexibility index (Phi) is 32.1. The minimum Gasteiger partial charge on any atom is -0.394 e. The summed E-state index contributed by atoms with van der Waals surface area (Å²) in [6.45, 7) is 2.75. The number of aliphatic hydroxyl groups is 8. The summed E-state index contributed by atoms with van der Waals surface area (Å²) in [5, 5.41) is 86.4. The van der Waals surface area contributed by atoms with Gasteiger partial charge in [0.1, 0.15) is 48.8 Å². The molecule has 0 saturated carbocycles. The molecule has 0 aromatic carbocycles. The molecule has 2 aliphatic heterocycles. The number of carbonyl (C=O) groups is 1. The van der Waals surface area contributed by atoms with Crippen LogP contribution >= 0.6 is 0 Å². The van der Waals surface area contributed by atoms with Crippen LogP contribution in [0.2, 0.25) is 0 Å². The first kappa shape index (κ1) is 55.9. The number of hydrogen-bond acceptors (Lipinski definition) is 13. The fourth-order valence-corrected chi connectivity index (χ4v) is 8.17. The van der Waals surface area contributed by atoms with E-state index >= 15 is 0 Å². The van der Waals surface area contributed by atoms with Crippen molar-refractivity contribution in [2.45, 2.75) is 261 Å². The van der Waals surface area contributed by atoms with Crippen molar-refractivity contribution in [3.8, 4) is 0 Å². The zero-order valence-electron chi connectivity index (χ0n) is 37.9. The van der Waals surface area contributed by atoms with Crippen LogP contribution in [0.15, 0.2) is 12.2 Å². The van der Waals surface area contributed by atoms with E-state index in [1.807, 2.05) is 6.08 Å². The fourth-order valence-electron chi connectivity index (χ4n) is 8.17. The first-order chi connectivity index (χ1) is 29.6. The van der Waals surface area contributed by atoms with E-state index in [0.717, 1.165) is 38.5 Å². The number of ether oxygens (including phenoxy) is 4. The van der Waals surface area contributed by atoms with Crippen molar-refractivity contribution in [1.82, 2.24) is 5.32 Å². The first-order valence-corrected chi connectivity index (χ1v) is 24.4. The maximum atomic E-state index is 13.1. The molecular weight excluding hydrogens is 787 g/mol. The predicted octanol–water partition coefficient (Wildman–Crippen LogP) is 5.60. The van der Waals surface area contributed by atoms with Crippen LogP contribution < -0.4 is 5.32 Å². The van der Waals surface area contributed by atoms with Gasteiger partial charge in [-0.15, -0.1) is 0 Å². The monoisotopic (exact) mass is 876 g/mol. The van der Waals surface area contributed by atoms with Crippen molar-refractivity contribution < 1.29 is 64.6 Å². The van der Waals surface area contributed by atoms with Crippen molar-refractivity contribution >= 4 is 5.91 Å². The average Bonchev–Trinajstić information content (AvgIpc) is 3.26. The predicted molar refractivity (Wildman–Crippen MR) is 235 cm³/mol. The van der Waals surface area contributed by atoms with Crippen molar-refractivity contribution in [3.63, 3.8) is 0 Å². The van der Waals surface area contributed by atoms with Gasteiger partial charge < -0.3 is 65.1 Å². The minimum atomic E-state index is -1.78. The highest BCUT2D eigenvalue weighted by Gasteiger charge is 2.51. The molecule has 14 nitrogen and oxygen atoms in total. The zero-order valence-corrected chi connectivity index (χ0v) is 37.9. The highest BCUT2D eigenvalue weighted by atomic mass is 16.7. The third-order valence-corrected chi connectivity index (χ3v) is 12.2. The second kappa shape index (κ2) is 35.0. The van der Waals surface area contributed by atoms with Gasteiger partial charge in [0.2, 0.25) is 5.91 Å². The van der Waals surface area contributed by atoms with Crippen LogP contribution in [0.4, 0.5) is 0 Å². The number of amides is 1. The molecule has 2 saturated heterocycles. The summed E-state index contributed by atoms with van der Waals surface area (Å²) in [7, 11) is 0. The summed E-state index contributed by atoms with van der Waals surface area (Å²) in [5.74, 6) is -0.240. The van der Waals surface area contributed by atoms with E-state index in [2.05, 4.69) is 19.2 Å². The molecule has 360 valence electrons. The lowest BCUT2D eigenvalue weighted by molar-refractivity contribution is -0.359. The molecule has 0 aliphatic carbocycles. The van der Waals surface area contributed by atoms with Gasteiger partial charge in [0, 0.05) is 6.42 Å². The van der Waals surface area contributed by atoms with Crippen molar-refractivity contribution in [1.29, 1.82) is 0 Å². The molecule has 0 spiro atoms. The molecule has 1 amide bonds. The topological polar surface area (TPSA) is 228 Å². The van der Waals surface area contributed by atoms with E-state index in [9.17, 15) is 45.6 Å². The van der Waals surface area contributed by atoms with E-state index in [-0.39, 0.29) is 18.9 Å². The number of rotatable bonds is 37. The maximum absolute atomic E-state index is 13.1. The van der Waals surface area contributed by atoms with Gasteiger partial charge in [0.15, 0.2) is 12.6 Å². The molecule has 0 bridgehead atoms. The molecule has 2 rings (SSSR count). The van der Waals surface area contributed by atoms with Crippen LogP contribution in [0.3, 0.4) is 0 Å². The van der Waals surface area contributed by atoms with Gasteiger partial charge in [-0.1, -0.05) is 174 Å². The quantitative estimate of drug-likeness (QED) is 0.0274. The van der Waals surface area contributed by atoms with E-state index in [1.54, 1.807) is 6.08 Å². The van der Waals surface area contributed by atoms with Gasteiger partial charge >= 0.3 is 0 Å². The SMILES string of the molecule is CCCCCCCCC/C=C/C(O)C(COC1OC(CO)C(OC2OC(CO)C(O)C(O)C2O)C(O)C1O)NC(=O)CCCCCCCCCCCCCCCCCCCC. The number of nitrogens with one attached hydrogen (secondary N) is 1. The highest BCUT2D eigenvalue weighted by molar-refractivity contribution is 5.76. The van der Waals surface area contributed by atoms with Gasteiger partial charge in [-0.05, 0) is 19.3 Å². The lowest BCUT2D eigenvalue weighted by Crippen LogP contribution is -2.65. The standard InChI is InChI=1S/C47H89NO13/c1-3-5-7-9-11-13-14-15-16-17-18-19-20-21-23-25-27-29-31-39(52)48-35(36(51)30-28-26-24-22-12-10-8-6-4-2)34-58-46-44(57)42(55)45(38(33-50)60-46)61-47-43(56)41(54)40(53)37(32-49)59-47/h28,30,35-38,40-47,49-51,53-57H,3-27,29,31-34H2,1-2H3,(H,48,52)/b30-28+. The molecule has 0 aromatic heterocycles. The van der Waals surface area contributed by atoms with E-state index in [0.29, 0.717) is 6.42 Å². The number of allylic oxidation sites excluding steroid dienone is 1. The smallest absolute Gasteiger partial charge is 0.220 e. The second-order valence-corrected chi connectivity index (χ2v) is 17.6. The molecule has 12 atom stereocenters. The molecule has 61 heavy (non-hydrogen) atoms. The molecule has 0 radical (unpaired) electrons. The molecular formula is C47H89NO13. The zero-order chi connectivity index (χ0) is 44.7. The lowest BCUT2D eigenvalue weighted by atomic mass is 9.97. The number of aliphatic hydroxyl groups excluding tert-OH is 8. The van der Waals surface area contributed by atoms with Crippen molar-refractivity contribution in [2.75, 3.05) is 19.8 Å². The van der Waals surface area contributed by atoms with Crippen LogP contribution in [-0.2, 0) is 23.7 Å². The van der Waals surface area contributed by atoms with E-state index in [1.165, 1.54) is 122 Å². The average molecular weight is 876 g/mol. The normalized spacial score (nSPS) is 28.0. The van der Waals surface area contributed by atoms with Gasteiger partial charge in [0.25, 0.3) is 0 Å². The van der Waals surface area contributed by atoms with Gasteiger partial charge in [-0.2, -0.15) is 0 Å². The number of hydrogen-bond donors (Lipinski definition) is 9. The van der Waals surface area contributed by atoms with Crippen LogP contribution in [0.25, 0.3) is 0 Å². The van der Waals surface area contributed by atoms with Gasteiger partial charge in [-0.25, -0.2) is 0 Å². The summed E-state index contributed by atoms with van der Waals surface area (Å²) >= 11 is 0. The Hall–Kier alpha value is -1.27. The number of unbranched alkanes of at least 4 members (excludes halogenated alkanes) is 24. The summed E-state index contributed by atoms with van der Waals surface area (Å²) in [6, 6.07) is -0.906. The third-order valence-electron chi connectivity index (χ3n) is 12.2. The summed E-state index contributed by atoms with van der Waals surface area (Å²) in [6.07, 6.45) is 18.4. The molecule has 14 heteroatoms. The number of carbonyl (C=O) groups excluding carboxylic acids is 1.